The van der Waals surface area contributed by atoms with Crippen LogP contribution in [0.15, 0.2) is 30.4 Å². The normalized spacial score (nSPS) is 16.7. The van der Waals surface area contributed by atoms with Crippen LogP contribution >= 0.6 is 23.2 Å². The van der Waals surface area contributed by atoms with E-state index in [1.54, 1.807) is 25.1 Å². The first kappa shape index (κ1) is 17.0. The van der Waals surface area contributed by atoms with E-state index in [9.17, 15) is 9.59 Å². The van der Waals surface area contributed by atoms with Gasteiger partial charge >= 0.3 is 0 Å². The number of benzene rings is 1. The van der Waals surface area contributed by atoms with E-state index >= 15 is 0 Å². The zero-order valence-corrected chi connectivity index (χ0v) is 14.2. The SMILES string of the molecule is C=C(CC(C)NC(=O)c1ccc(Cl)c(Cl)c1)C1(C(C)=O)CC1. The molecule has 1 amide bonds. The highest BCUT2D eigenvalue weighted by Crippen LogP contribution is 2.53. The Kier molecular flexibility index (Phi) is 4.98. The Morgan fingerprint density at radius 3 is 2.45 bits per heavy atom. The van der Waals surface area contributed by atoms with Gasteiger partial charge in [-0.2, -0.15) is 0 Å². The van der Waals surface area contributed by atoms with Crippen LogP contribution in [0, 0.1) is 5.41 Å². The fraction of sp³-hybridized carbons (Fsp3) is 0.412. The van der Waals surface area contributed by atoms with Gasteiger partial charge in [-0.15, -0.1) is 0 Å². The van der Waals surface area contributed by atoms with Gasteiger partial charge in [-0.1, -0.05) is 35.4 Å². The van der Waals surface area contributed by atoms with Crippen molar-refractivity contribution in [3.8, 4) is 0 Å². The molecule has 1 saturated carbocycles. The summed E-state index contributed by atoms with van der Waals surface area (Å²) < 4.78 is 0. The van der Waals surface area contributed by atoms with Gasteiger partial charge in [-0.3, -0.25) is 9.59 Å². The molecule has 1 atom stereocenters. The van der Waals surface area contributed by atoms with Gasteiger partial charge in [-0.25, -0.2) is 0 Å². The molecule has 1 aromatic rings. The van der Waals surface area contributed by atoms with Gasteiger partial charge in [-0.05, 0) is 51.3 Å². The van der Waals surface area contributed by atoms with E-state index in [1.165, 1.54) is 0 Å². The molecule has 5 heteroatoms. The Balaban J connectivity index is 1.95. The minimum absolute atomic E-state index is 0.105. The van der Waals surface area contributed by atoms with Gasteiger partial charge in [0.25, 0.3) is 5.91 Å². The summed E-state index contributed by atoms with van der Waals surface area (Å²) >= 11 is 11.8. The lowest BCUT2D eigenvalue weighted by Crippen LogP contribution is -2.34. The van der Waals surface area contributed by atoms with Crippen molar-refractivity contribution in [1.82, 2.24) is 5.32 Å². The maximum absolute atomic E-state index is 12.2. The largest absolute Gasteiger partial charge is 0.349 e. The number of nitrogens with one attached hydrogen (secondary N) is 1. The van der Waals surface area contributed by atoms with E-state index in [2.05, 4.69) is 11.9 Å². The summed E-state index contributed by atoms with van der Waals surface area (Å²) in [7, 11) is 0. The molecule has 2 rings (SSSR count). The molecule has 118 valence electrons. The first-order valence-electron chi connectivity index (χ1n) is 7.21. The molecular weight excluding hydrogens is 321 g/mol. The van der Waals surface area contributed by atoms with Gasteiger partial charge in [0, 0.05) is 17.0 Å². The smallest absolute Gasteiger partial charge is 0.251 e. The maximum Gasteiger partial charge on any atom is 0.251 e. The lowest BCUT2D eigenvalue weighted by Gasteiger charge is -2.20. The average molecular weight is 340 g/mol. The van der Waals surface area contributed by atoms with Crippen LogP contribution in [0.2, 0.25) is 10.0 Å². The molecule has 1 aromatic carbocycles. The van der Waals surface area contributed by atoms with Gasteiger partial charge < -0.3 is 5.32 Å². The fourth-order valence-electron chi connectivity index (χ4n) is 2.64. The lowest BCUT2D eigenvalue weighted by molar-refractivity contribution is -0.120. The molecule has 0 saturated heterocycles. The van der Waals surface area contributed by atoms with E-state index in [0.717, 1.165) is 18.4 Å². The molecule has 1 N–H and O–H groups in total. The molecule has 0 heterocycles. The van der Waals surface area contributed by atoms with Crippen LogP contribution in [0.5, 0.6) is 0 Å². The number of halogens is 2. The van der Waals surface area contributed by atoms with Crippen LogP contribution in [-0.4, -0.2) is 17.7 Å². The highest BCUT2D eigenvalue weighted by atomic mass is 35.5. The quantitative estimate of drug-likeness (QED) is 0.779. The molecule has 0 aromatic heterocycles. The third-order valence-corrected chi connectivity index (χ3v) is 4.95. The van der Waals surface area contributed by atoms with Crippen LogP contribution in [0.25, 0.3) is 0 Å². The second-order valence-electron chi connectivity index (χ2n) is 5.95. The zero-order chi connectivity index (χ0) is 16.5. The van der Waals surface area contributed by atoms with Gasteiger partial charge in [0.1, 0.15) is 5.78 Å². The van der Waals surface area contributed by atoms with E-state index in [4.69, 9.17) is 23.2 Å². The third-order valence-electron chi connectivity index (χ3n) is 4.21. The standard InChI is InChI=1S/C17H19Cl2NO2/c1-10(17(6-7-17)12(3)21)8-11(2)20-16(22)13-4-5-14(18)15(19)9-13/h4-5,9,11H,1,6-8H2,2-3H3,(H,20,22). The van der Waals surface area contributed by atoms with Gasteiger partial charge in [0.2, 0.25) is 0 Å². The summed E-state index contributed by atoms with van der Waals surface area (Å²) in [4.78, 5) is 23.9. The van der Waals surface area contributed by atoms with Crippen molar-refractivity contribution < 1.29 is 9.59 Å². The zero-order valence-electron chi connectivity index (χ0n) is 12.7. The van der Waals surface area contributed by atoms with E-state index < -0.39 is 0 Å². The number of amides is 1. The Labute approximate surface area is 140 Å². The van der Waals surface area contributed by atoms with Crippen molar-refractivity contribution in [2.24, 2.45) is 5.41 Å². The number of carbonyl (C=O) groups is 2. The van der Waals surface area contributed by atoms with Crippen LogP contribution in [0.1, 0.15) is 43.5 Å². The molecule has 0 bridgehead atoms. The molecule has 1 fully saturated rings. The third kappa shape index (κ3) is 3.53. The second kappa shape index (κ2) is 6.43. The Bertz CT molecular complexity index is 636. The molecule has 1 aliphatic rings. The highest BCUT2D eigenvalue weighted by Gasteiger charge is 2.49. The number of Topliss-reactive ketones (excluding diaryl/α,β-unsaturated/α-hetero) is 1. The summed E-state index contributed by atoms with van der Waals surface area (Å²) in [6.45, 7) is 7.55. The van der Waals surface area contributed by atoms with E-state index in [1.807, 2.05) is 6.92 Å². The Morgan fingerprint density at radius 2 is 1.95 bits per heavy atom. The molecular formula is C17H19Cl2NO2. The van der Waals surface area contributed by atoms with E-state index in [0.29, 0.717) is 22.0 Å². The average Bonchev–Trinajstić information content (AvgIpc) is 3.23. The minimum Gasteiger partial charge on any atom is -0.349 e. The molecule has 1 unspecified atom stereocenters. The molecule has 1 aliphatic carbocycles. The van der Waals surface area contributed by atoms with Crippen LogP contribution < -0.4 is 5.32 Å². The topological polar surface area (TPSA) is 46.2 Å². The molecule has 3 nitrogen and oxygen atoms in total. The predicted molar refractivity (Wildman–Crippen MR) is 89.5 cm³/mol. The van der Waals surface area contributed by atoms with Crippen molar-refractivity contribution in [3.63, 3.8) is 0 Å². The fourth-order valence-corrected chi connectivity index (χ4v) is 2.94. The number of rotatable bonds is 6. The summed E-state index contributed by atoms with van der Waals surface area (Å²) in [6, 6.07) is 4.66. The summed E-state index contributed by atoms with van der Waals surface area (Å²) in [5.41, 5.74) is 1.02. The van der Waals surface area contributed by atoms with Gasteiger partial charge in [0.15, 0.2) is 0 Å². The Hall–Kier alpha value is -1.32. The summed E-state index contributed by atoms with van der Waals surface area (Å²) in [6.07, 6.45) is 2.33. The molecule has 0 aliphatic heterocycles. The number of hydrogen-bond donors (Lipinski definition) is 1. The van der Waals surface area contributed by atoms with Crippen molar-refractivity contribution in [2.75, 3.05) is 0 Å². The van der Waals surface area contributed by atoms with Crippen molar-refractivity contribution in [2.45, 2.75) is 39.2 Å². The number of hydrogen-bond acceptors (Lipinski definition) is 2. The van der Waals surface area contributed by atoms with Crippen molar-refractivity contribution in [3.05, 3.63) is 46.0 Å². The predicted octanol–water partition coefficient (Wildman–Crippen LogP) is 4.43. The first-order chi connectivity index (χ1) is 10.3. The monoisotopic (exact) mass is 339 g/mol. The summed E-state index contributed by atoms with van der Waals surface area (Å²) in [5.74, 6) is -0.0490. The number of ketones is 1. The van der Waals surface area contributed by atoms with E-state index in [-0.39, 0.29) is 23.1 Å². The van der Waals surface area contributed by atoms with Crippen molar-refractivity contribution in [1.29, 1.82) is 0 Å². The van der Waals surface area contributed by atoms with Crippen LogP contribution in [0.3, 0.4) is 0 Å². The van der Waals surface area contributed by atoms with Crippen molar-refractivity contribution >= 4 is 34.9 Å². The molecule has 0 spiro atoms. The summed E-state index contributed by atoms with van der Waals surface area (Å²) in [5, 5.41) is 3.66. The maximum atomic E-state index is 12.2. The van der Waals surface area contributed by atoms with Gasteiger partial charge in [0.05, 0.1) is 10.0 Å². The lowest BCUT2D eigenvalue weighted by atomic mass is 9.89. The molecule has 22 heavy (non-hydrogen) atoms. The second-order valence-corrected chi connectivity index (χ2v) is 6.76. The highest BCUT2D eigenvalue weighted by molar-refractivity contribution is 6.42. The van der Waals surface area contributed by atoms with Crippen LogP contribution in [0.4, 0.5) is 0 Å². The van der Waals surface area contributed by atoms with Crippen LogP contribution in [-0.2, 0) is 4.79 Å². The Morgan fingerprint density at radius 1 is 1.32 bits per heavy atom. The first-order valence-corrected chi connectivity index (χ1v) is 7.97. The molecule has 0 radical (unpaired) electrons. The number of carbonyl (C=O) groups excluding carboxylic acids is 2. The minimum atomic E-state index is -0.345.